The summed E-state index contributed by atoms with van der Waals surface area (Å²) in [4.78, 5) is 27.9. The number of methoxy groups -OCH3 is 4. The van der Waals surface area contributed by atoms with E-state index in [0.717, 1.165) is 12.8 Å². The van der Waals surface area contributed by atoms with Gasteiger partial charge in [0.15, 0.2) is 0 Å². The third kappa shape index (κ3) is 3.72. The van der Waals surface area contributed by atoms with Crippen molar-refractivity contribution in [1.82, 2.24) is 4.90 Å². The van der Waals surface area contributed by atoms with Crippen molar-refractivity contribution < 1.29 is 43.5 Å². The zero-order valence-corrected chi connectivity index (χ0v) is 27.2. The third-order valence-corrected chi connectivity index (χ3v) is 13.3. The summed E-state index contributed by atoms with van der Waals surface area (Å²) in [6, 6.07) is 6.41. The number of likely N-dealkylation sites (tertiary alicyclic amines) is 1. The number of nitrogens with one attached hydrogen (secondary N) is 1. The summed E-state index contributed by atoms with van der Waals surface area (Å²) in [6.45, 7) is 4.81. The Kier molecular flexibility index (Phi) is 7.48. The highest BCUT2D eigenvalue weighted by atomic mass is 16.5. The van der Waals surface area contributed by atoms with Crippen molar-refractivity contribution in [3.05, 3.63) is 29.8 Å². The Labute approximate surface area is 264 Å². The number of likely N-dealkylation sites (N-methyl/N-ethyl adjacent to an activating group) is 1. The SMILES string of the molecule is CCN1C[C@]2(COC(=O)c3ccccc3NC(C)=O)CC[C@H](OC)[C@@]34[C@@H]5C[C@H]6[C@H](OC)[C@@H]5[C@](O)(C[C@@H]6OC)[C@](O)([C@@H](OC)[C@H]23)[C@@H]14. The average molecular weight is 629 g/mol. The quantitative estimate of drug-likeness (QED) is 0.349. The van der Waals surface area contributed by atoms with Crippen molar-refractivity contribution in [2.24, 2.45) is 34.5 Å². The second-order valence-electron chi connectivity index (χ2n) is 14.5. The minimum absolute atomic E-state index is 0.0387. The molecule has 1 aromatic rings. The van der Waals surface area contributed by atoms with Crippen LogP contribution in [-0.2, 0) is 28.5 Å². The second kappa shape index (κ2) is 10.7. The maximum atomic E-state index is 13.7. The average Bonchev–Trinajstić information content (AvgIpc) is 3.45. The van der Waals surface area contributed by atoms with Gasteiger partial charge in [0.05, 0.1) is 48.3 Å². The van der Waals surface area contributed by atoms with Crippen LogP contribution in [-0.4, -0.2) is 117 Å². The van der Waals surface area contributed by atoms with Gasteiger partial charge < -0.3 is 39.2 Å². The first-order valence-corrected chi connectivity index (χ1v) is 16.4. The van der Waals surface area contributed by atoms with E-state index in [0.29, 0.717) is 31.6 Å². The molecule has 0 radical (unpaired) electrons. The van der Waals surface area contributed by atoms with E-state index >= 15 is 0 Å². The highest BCUT2D eigenvalue weighted by Crippen LogP contribution is 2.80. The number of fused-ring (bicyclic) bond motifs is 2. The molecule has 5 aliphatic carbocycles. The molecule has 6 fully saturated rings. The maximum Gasteiger partial charge on any atom is 0.340 e. The van der Waals surface area contributed by atoms with Gasteiger partial charge in [0.1, 0.15) is 11.2 Å². The Bertz CT molecular complexity index is 1360. The lowest BCUT2D eigenvalue weighted by Crippen LogP contribution is -2.82. The van der Waals surface area contributed by atoms with Gasteiger partial charge in [-0.15, -0.1) is 0 Å². The second-order valence-corrected chi connectivity index (χ2v) is 14.5. The van der Waals surface area contributed by atoms with Crippen LogP contribution in [0.4, 0.5) is 5.69 Å². The number of nitrogens with zero attached hydrogens (tertiary/aromatic N) is 1. The van der Waals surface area contributed by atoms with Gasteiger partial charge in [-0.1, -0.05) is 19.1 Å². The highest BCUT2D eigenvalue weighted by Gasteiger charge is 2.91. The summed E-state index contributed by atoms with van der Waals surface area (Å²) < 4.78 is 31.2. The van der Waals surface area contributed by atoms with Gasteiger partial charge in [0.2, 0.25) is 5.91 Å². The molecule has 0 aromatic heterocycles. The lowest BCUT2D eigenvalue weighted by atomic mass is 9.42. The number of ether oxygens (including phenoxy) is 5. The number of rotatable bonds is 9. The molecule has 1 amide bonds. The van der Waals surface area contributed by atoms with Crippen molar-refractivity contribution in [2.75, 3.05) is 53.5 Å². The maximum absolute atomic E-state index is 13.7. The largest absolute Gasteiger partial charge is 0.461 e. The number of anilines is 1. The van der Waals surface area contributed by atoms with Gasteiger partial charge in [0, 0.05) is 76.9 Å². The van der Waals surface area contributed by atoms with Crippen LogP contribution in [0, 0.1) is 34.5 Å². The molecule has 1 aromatic carbocycles. The number of carbonyl (C=O) groups excluding carboxylic acids is 2. The number of aliphatic hydroxyl groups is 2. The van der Waals surface area contributed by atoms with Crippen LogP contribution in [0.15, 0.2) is 24.3 Å². The van der Waals surface area contributed by atoms with Gasteiger partial charge >= 0.3 is 5.97 Å². The summed E-state index contributed by atoms with van der Waals surface area (Å²) in [6.07, 6.45) is 0.993. The Balaban J connectivity index is 1.37. The van der Waals surface area contributed by atoms with Crippen LogP contribution in [0.1, 0.15) is 49.9 Å². The fourth-order valence-corrected chi connectivity index (χ4v) is 12.2. The predicted octanol–water partition coefficient (Wildman–Crippen LogP) is 2.09. The molecule has 5 saturated carbocycles. The number of piperidine rings is 1. The van der Waals surface area contributed by atoms with E-state index in [1.807, 2.05) is 0 Å². The number of carbonyl (C=O) groups is 2. The van der Waals surface area contributed by atoms with Crippen LogP contribution in [0.5, 0.6) is 0 Å². The molecule has 3 N–H and O–H groups in total. The molecule has 7 rings (SSSR count). The minimum atomic E-state index is -1.66. The van der Waals surface area contributed by atoms with Crippen molar-refractivity contribution in [1.29, 1.82) is 0 Å². The van der Waals surface area contributed by atoms with E-state index in [9.17, 15) is 19.8 Å². The number of para-hydroxylation sites is 1. The number of hydrogen-bond donors (Lipinski definition) is 3. The number of benzene rings is 1. The van der Waals surface area contributed by atoms with E-state index in [2.05, 4.69) is 17.1 Å². The van der Waals surface area contributed by atoms with Crippen molar-refractivity contribution in [3.8, 4) is 0 Å². The summed E-state index contributed by atoms with van der Waals surface area (Å²) in [5.41, 5.74) is -3.68. The van der Waals surface area contributed by atoms with Crippen LogP contribution in [0.2, 0.25) is 0 Å². The monoisotopic (exact) mass is 628 g/mol. The first-order chi connectivity index (χ1) is 21.5. The lowest BCUT2D eigenvalue weighted by Gasteiger charge is -2.70. The molecule has 45 heavy (non-hydrogen) atoms. The zero-order valence-electron chi connectivity index (χ0n) is 27.2. The Morgan fingerprint density at radius 1 is 1.07 bits per heavy atom. The summed E-state index contributed by atoms with van der Waals surface area (Å²) >= 11 is 0. The first kappa shape index (κ1) is 31.5. The van der Waals surface area contributed by atoms with E-state index in [1.165, 1.54) is 6.92 Å². The number of amides is 1. The molecule has 1 heterocycles. The molecule has 1 saturated heterocycles. The lowest BCUT2D eigenvalue weighted by molar-refractivity contribution is -0.320. The number of hydrogen-bond acceptors (Lipinski definition) is 10. The van der Waals surface area contributed by atoms with Gasteiger partial charge in [-0.2, -0.15) is 0 Å². The molecular weight excluding hydrogens is 580 g/mol. The molecule has 0 unspecified atom stereocenters. The highest BCUT2D eigenvalue weighted by molar-refractivity contribution is 6.00. The Hall–Kier alpha value is -2.12. The molecule has 1 spiro atoms. The van der Waals surface area contributed by atoms with Crippen molar-refractivity contribution >= 4 is 17.6 Å². The van der Waals surface area contributed by atoms with Crippen LogP contribution < -0.4 is 5.32 Å². The molecule has 7 bridgehead atoms. The Morgan fingerprint density at radius 2 is 1.82 bits per heavy atom. The van der Waals surface area contributed by atoms with Crippen LogP contribution >= 0.6 is 0 Å². The zero-order chi connectivity index (χ0) is 32.1. The fourth-order valence-electron chi connectivity index (χ4n) is 12.2. The van der Waals surface area contributed by atoms with Crippen molar-refractivity contribution in [2.45, 2.75) is 81.2 Å². The third-order valence-electron chi connectivity index (χ3n) is 13.3. The smallest absolute Gasteiger partial charge is 0.340 e. The Morgan fingerprint density at radius 3 is 2.47 bits per heavy atom. The first-order valence-electron chi connectivity index (χ1n) is 16.4. The predicted molar refractivity (Wildman–Crippen MR) is 162 cm³/mol. The molecule has 6 aliphatic rings. The summed E-state index contributed by atoms with van der Waals surface area (Å²) in [5, 5.41) is 29.2. The van der Waals surface area contributed by atoms with Crippen LogP contribution in [0.3, 0.4) is 0 Å². The van der Waals surface area contributed by atoms with Crippen LogP contribution in [0.25, 0.3) is 0 Å². The van der Waals surface area contributed by atoms with Gasteiger partial charge in [-0.05, 0) is 43.9 Å². The molecule has 13 atom stereocenters. The summed E-state index contributed by atoms with van der Waals surface area (Å²) in [7, 11) is 6.75. The normalized spacial score (nSPS) is 47.4. The molecular formula is C34H48N2O9. The van der Waals surface area contributed by atoms with E-state index in [-0.39, 0.29) is 60.1 Å². The molecule has 1 aliphatic heterocycles. The molecule has 11 nitrogen and oxygen atoms in total. The van der Waals surface area contributed by atoms with E-state index in [1.54, 1.807) is 52.7 Å². The van der Waals surface area contributed by atoms with Crippen molar-refractivity contribution in [3.63, 3.8) is 0 Å². The van der Waals surface area contributed by atoms with Gasteiger partial charge in [-0.3, -0.25) is 9.69 Å². The fraction of sp³-hybridized carbons (Fsp3) is 0.765. The van der Waals surface area contributed by atoms with E-state index < -0.39 is 40.1 Å². The molecule has 248 valence electrons. The standard InChI is InChI=1S/C34H48N2O9/c1-7-36-16-31(17-45-29(38)19-10-8-9-11-22(19)35-18(2)37)13-12-24(42-4)33-21-14-20-23(41-3)15-32(39,25(21)26(20)43-5)34(40,30(33)36)28(44-6)27(31)33/h8-11,20-21,23-28,30,39-40H,7,12-17H2,1-6H3,(H,35,37)/t20-,21-,23+,24+,25-,26+,27-,28+,30+,31+,32-,33+,34+/m1/s1. The summed E-state index contributed by atoms with van der Waals surface area (Å²) in [5.74, 6) is -1.36. The molecule has 11 heteroatoms. The minimum Gasteiger partial charge on any atom is -0.461 e. The number of esters is 1. The van der Waals surface area contributed by atoms with E-state index in [4.69, 9.17) is 23.7 Å². The van der Waals surface area contributed by atoms with Gasteiger partial charge in [-0.25, -0.2) is 4.79 Å². The topological polar surface area (TPSA) is 136 Å². The van der Waals surface area contributed by atoms with Gasteiger partial charge in [0.25, 0.3) is 0 Å².